The topological polar surface area (TPSA) is 66.1 Å². The molecular formula is C21H31N5O2. The van der Waals surface area contributed by atoms with Crippen LogP contribution < -0.4 is 15.0 Å². The van der Waals surface area contributed by atoms with Crippen molar-refractivity contribution in [2.75, 3.05) is 51.8 Å². The zero-order valence-corrected chi connectivity index (χ0v) is 17.5. The van der Waals surface area contributed by atoms with E-state index < -0.39 is 0 Å². The number of aryl methyl sites for hydroxylation is 2. The van der Waals surface area contributed by atoms with Crippen LogP contribution in [-0.4, -0.2) is 62.9 Å². The fourth-order valence-electron chi connectivity index (χ4n) is 3.84. The maximum absolute atomic E-state index is 5.30. The van der Waals surface area contributed by atoms with Gasteiger partial charge in [-0.1, -0.05) is 12.1 Å². The molecule has 1 aliphatic rings. The highest BCUT2D eigenvalue weighted by Crippen LogP contribution is 2.23. The van der Waals surface area contributed by atoms with Crippen molar-refractivity contribution >= 4 is 11.6 Å². The first-order valence-corrected chi connectivity index (χ1v) is 9.80. The third kappa shape index (κ3) is 4.40. The van der Waals surface area contributed by atoms with Crippen molar-refractivity contribution in [3.05, 3.63) is 41.3 Å². The summed E-state index contributed by atoms with van der Waals surface area (Å²) in [5.74, 6) is 3.05. The number of anilines is 1. The van der Waals surface area contributed by atoms with Gasteiger partial charge < -0.3 is 24.4 Å². The van der Waals surface area contributed by atoms with E-state index in [-0.39, 0.29) is 0 Å². The molecule has 1 aromatic carbocycles. The Morgan fingerprint density at radius 2 is 1.89 bits per heavy atom. The van der Waals surface area contributed by atoms with Crippen LogP contribution in [0, 0.1) is 13.8 Å². The summed E-state index contributed by atoms with van der Waals surface area (Å²) in [5.41, 5.74) is 3.39. The van der Waals surface area contributed by atoms with Crippen LogP contribution in [0.5, 0.6) is 5.75 Å². The third-order valence-electron chi connectivity index (χ3n) is 5.38. The van der Waals surface area contributed by atoms with Crippen LogP contribution in [0.2, 0.25) is 0 Å². The fourth-order valence-corrected chi connectivity index (χ4v) is 3.84. The molecule has 7 nitrogen and oxygen atoms in total. The smallest absolute Gasteiger partial charge is 0.193 e. The lowest BCUT2D eigenvalue weighted by Crippen LogP contribution is -2.53. The number of benzene rings is 1. The largest absolute Gasteiger partial charge is 0.497 e. The first-order chi connectivity index (χ1) is 13.5. The van der Waals surface area contributed by atoms with Gasteiger partial charge >= 0.3 is 0 Å². The molecule has 0 bridgehead atoms. The molecule has 0 radical (unpaired) electrons. The molecule has 7 heteroatoms. The molecule has 1 aliphatic heterocycles. The molecule has 1 atom stereocenters. The first kappa shape index (κ1) is 20.0. The second kappa shape index (κ2) is 8.99. The highest BCUT2D eigenvalue weighted by Gasteiger charge is 2.21. The summed E-state index contributed by atoms with van der Waals surface area (Å²) < 4.78 is 10.5. The average Bonchev–Trinajstić information content (AvgIpc) is 3.07. The Hall–Kier alpha value is -2.70. The minimum absolute atomic E-state index is 0.309. The lowest BCUT2D eigenvalue weighted by atomic mass is 10.00. The van der Waals surface area contributed by atoms with E-state index in [9.17, 15) is 0 Å². The molecule has 152 valence electrons. The Kier molecular flexibility index (Phi) is 6.44. The number of guanidine groups is 1. The van der Waals surface area contributed by atoms with Gasteiger partial charge in [-0.25, -0.2) is 0 Å². The van der Waals surface area contributed by atoms with E-state index in [4.69, 9.17) is 9.26 Å². The Morgan fingerprint density at radius 3 is 2.43 bits per heavy atom. The zero-order chi connectivity index (χ0) is 20.1. The number of rotatable bonds is 5. The van der Waals surface area contributed by atoms with E-state index in [0.29, 0.717) is 5.92 Å². The van der Waals surface area contributed by atoms with Gasteiger partial charge in [0, 0.05) is 56.9 Å². The van der Waals surface area contributed by atoms with Crippen LogP contribution >= 0.6 is 0 Å². The number of aliphatic imine (C=N–C) groups is 1. The van der Waals surface area contributed by atoms with E-state index in [1.54, 1.807) is 7.11 Å². The minimum Gasteiger partial charge on any atom is -0.497 e. The molecule has 0 saturated carbocycles. The SMILES string of the molecule is CN=C(NCC(C)c1c(C)noc1C)N1CCN(c2ccc(OC)cc2)CC1. The highest BCUT2D eigenvalue weighted by molar-refractivity contribution is 5.80. The number of hydrogen-bond donors (Lipinski definition) is 1. The van der Waals surface area contributed by atoms with Crippen molar-refractivity contribution in [1.29, 1.82) is 0 Å². The molecule has 1 saturated heterocycles. The first-order valence-electron chi connectivity index (χ1n) is 9.80. The lowest BCUT2D eigenvalue weighted by Gasteiger charge is -2.38. The van der Waals surface area contributed by atoms with Crippen LogP contribution in [0.15, 0.2) is 33.8 Å². The summed E-state index contributed by atoms with van der Waals surface area (Å²) in [4.78, 5) is 9.21. The number of hydrogen-bond acceptors (Lipinski definition) is 5. The maximum atomic E-state index is 5.30. The Labute approximate surface area is 167 Å². The number of piperazine rings is 1. The van der Waals surface area contributed by atoms with E-state index in [1.165, 1.54) is 11.3 Å². The number of nitrogens with zero attached hydrogens (tertiary/aromatic N) is 4. The average molecular weight is 386 g/mol. The molecule has 3 rings (SSSR count). The van der Waals surface area contributed by atoms with Gasteiger partial charge in [0.25, 0.3) is 0 Å². The molecule has 0 amide bonds. The number of nitrogens with one attached hydrogen (secondary N) is 1. The van der Waals surface area contributed by atoms with Gasteiger partial charge in [0.15, 0.2) is 5.96 Å². The van der Waals surface area contributed by atoms with E-state index >= 15 is 0 Å². The summed E-state index contributed by atoms with van der Waals surface area (Å²) in [5, 5.41) is 7.59. The summed E-state index contributed by atoms with van der Waals surface area (Å²) in [6.45, 7) is 10.8. The van der Waals surface area contributed by atoms with Crippen LogP contribution in [0.4, 0.5) is 5.69 Å². The number of aromatic nitrogens is 1. The van der Waals surface area contributed by atoms with Gasteiger partial charge in [-0.15, -0.1) is 0 Å². The van der Waals surface area contributed by atoms with Gasteiger partial charge in [-0.3, -0.25) is 4.99 Å². The second-order valence-corrected chi connectivity index (χ2v) is 7.24. The molecule has 1 fully saturated rings. The zero-order valence-electron chi connectivity index (χ0n) is 17.5. The van der Waals surface area contributed by atoms with Crippen LogP contribution in [0.1, 0.15) is 29.9 Å². The Morgan fingerprint density at radius 1 is 1.21 bits per heavy atom. The van der Waals surface area contributed by atoms with Crippen LogP contribution in [0.25, 0.3) is 0 Å². The highest BCUT2D eigenvalue weighted by atomic mass is 16.5. The maximum Gasteiger partial charge on any atom is 0.193 e. The van der Waals surface area contributed by atoms with Crippen molar-refractivity contribution in [2.24, 2.45) is 4.99 Å². The van der Waals surface area contributed by atoms with Crippen molar-refractivity contribution in [3.63, 3.8) is 0 Å². The molecule has 0 aliphatic carbocycles. The Bertz CT molecular complexity index is 772. The normalized spacial score (nSPS) is 16.2. The van der Waals surface area contributed by atoms with E-state index in [1.807, 2.05) is 33.0 Å². The molecule has 1 aromatic heterocycles. The second-order valence-electron chi connectivity index (χ2n) is 7.24. The van der Waals surface area contributed by atoms with Gasteiger partial charge in [0.1, 0.15) is 11.5 Å². The van der Waals surface area contributed by atoms with Crippen LogP contribution in [-0.2, 0) is 0 Å². The molecular weight excluding hydrogens is 354 g/mol. The predicted octanol–water partition coefficient (Wildman–Crippen LogP) is 2.80. The lowest BCUT2D eigenvalue weighted by molar-refractivity contribution is 0.371. The summed E-state index contributed by atoms with van der Waals surface area (Å²) in [7, 11) is 3.54. The molecule has 1 N–H and O–H groups in total. The third-order valence-corrected chi connectivity index (χ3v) is 5.38. The monoisotopic (exact) mass is 385 g/mol. The molecule has 28 heavy (non-hydrogen) atoms. The van der Waals surface area contributed by atoms with E-state index in [2.05, 4.69) is 44.3 Å². The van der Waals surface area contributed by atoms with Gasteiger partial charge in [-0.2, -0.15) is 0 Å². The van der Waals surface area contributed by atoms with Gasteiger partial charge in [0.2, 0.25) is 0 Å². The fraction of sp³-hybridized carbons (Fsp3) is 0.524. The van der Waals surface area contributed by atoms with Crippen molar-refractivity contribution < 1.29 is 9.26 Å². The van der Waals surface area contributed by atoms with Crippen molar-refractivity contribution in [1.82, 2.24) is 15.4 Å². The molecule has 0 spiro atoms. The summed E-state index contributed by atoms with van der Waals surface area (Å²) in [6, 6.07) is 8.26. The van der Waals surface area contributed by atoms with Crippen molar-refractivity contribution in [2.45, 2.75) is 26.7 Å². The van der Waals surface area contributed by atoms with E-state index in [0.717, 1.165) is 55.9 Å². The summed E-state index contributed by atoms with van der Waals surface area (Å²) >= 11 is 0. The minimum atomic E-state index is 0.309. The van der Waals surface area contributed by atoms with Gasteiger partial charge in [-0.05, 0) is 38.1 Å². The number of methoxy groups -OCH3 is 1. The predicted molar refractivity (Wildman–Crippen MR) is 113 cm³/mol. The van der Waals surface area contributed by atoms with Crippen LogP contribution in [0.3, 0.4) is 0 Å². The quantitative estimate of drug-likeness (QED) is 0.631. The summed E-state index contributed by atoms with van der Waals surface area (Å²) in [6.07, 6.45) is 0. The standard InChI is InChI=1S/C21H31N5O2/c1-15(20-16(2)24-28-17(20)3)14-23-21(22-4)26-12-10-25(11-13-26)18-6-8-19(27-5)9-7-18/h6-9,15H,10-14H2,1-5H3,(H,22,23). The molecule has 2 heterocycles. The molecule has 1 unspecified atom stereocenters. The number of ether oxygens (including phenoxy) is 1. The Balaban J connectivity index is 1.53. The molecule has 2 aromatic rings. The van der Waals surface area contributed by atoms with Gasteiger partial charge in [0.05, 0.1) is 12.8 Å². The van der Waals surface area contributed by atoms with Crippen molar-refractivity contribution in [3.8, 4) is 5.75 Å².